The topological polar surface area (TPSA) is 58.6 Å². The Balaban J connectivity index is 1.84. The summed E-state index contributed by atoms with van der Waals surface area (Å²) in [4.78, 5) is 28.4. The van der Waals surface area contributed by atoms with Crippen molar-refractivity contribution in [3.05, 3.63) is 93.6 Å². The fourth-order valence-electron chi connectivity index (χ4n) is 3.72. The van der Waals surface area contributed by atoms with E-state index in [9.17, 15) is 9.59 Å². The van der Waals surface area contributed by atoms with E-state index in [1.54, 1.807) is 24.3 Å². The van der Waals surface area contributed by atoms with E-state index in [4.69, 9.17) is 16.3 Å². The lowest BCUT2D eigenvalue weighted by atomic mass is 10.0. The standard InChI is InChI=1S/C26H23ClN2O3/c1-15-8-10-18(11-9-15)23-24(28-19-12-13-22(32-4)20(27)14-19)26(31)29(25(23)30)21-7-5-6-16(2)17(21)3/h5-14,28H,1-4H3. The lowest BCUT2D eigenvalue weighted by molar-refractivity contribution is -0.120. The highest BCUT2D eigenvalue weighted by Crippen LogP contribution is 2.36. The normalized spacial score (nSPS) is 13.7. The molecule has 6 heteroatoms. The van der Waals surface area contributed by atoms with E-state index >= 15 is 0 Å². The molecule has 2 amide bonds. The molecule has 0 unspecified atom stereocenters. The summed E-state index contributed by atoms with van der Waals surface area (Å²) < 4.78 is 5.21. The van der Waals surface area contributed by atoms with Gasteiger partial charge in [-0.05, 0) is 61.7 Å². The molecule has 32 heavy (non-hydrogen) atoms. The molecule has 0 fully saturated rings. The molecule has 5 nitrogen and oxygen atoms in total. The number of nitrogens with one attached hydrogen (secondary N) is 1. The zero-order chi connectivity index (χ0) is 23.0. The van der Waals surface area contributed by atoms with Gasteiger partial charge in [-0.15, -0.1) is 0 Å². The molecule has 0 atom stereocenters. The highest BCUT2D eigenvalue weighted by molar-refractivity contribution is 6.46. The zero-order valence-electron chi connectivity index (χ0n) is 18.3. The maximum Gasteiger partial charge on any atom is 0.282 e. The predicted molar refractivity (Wildman–Crippen MR) is 128 cm³/mol. The van der Waals surface area contributed by atoms with E-state index in [1.807, 2.05) is 57.2 Å². The quantitative estimate of drug-likeness (QED) is 0.513. The maximum atomic E-state index is 13.6. The number of carbonyl (C=O) groups is 2. The number of imide groups is 1. The number of hydrogen-bond donors (Lipinski definition) is 1. The van der Waals surface area contributed by atoms with E-state index in [2.05, 4.69) is 5.32 Å². The Labute approximate surface area is 192 Å². The molecule has 4 rings (SSSR count). The van der Waals surface area contributed by atoms with Crippen molar-refractivity contribution in [2.75, 3.05) is 17.3 Å². The van der Waals surface area contributed by atoms with Crippen LogP contribution in [0.25, 0.3) is 5.57 Å². The van der Waals surface area contributed by atoms with Gasteiger partial charge in [0.25, 0.3) is 11.8 Å². The second-order valence-electron chi connectivity index (χ2n) is 7.76. The fraction of sp³-hybridized carbons (Fsp3) is 0.154. The number of carbonyl (C=O) groups excluding carboxylic acids is 2. The van der Waals surface area contributed by atoms with Crippen LogP contribution in [0.4, 0.5) is 11.4 Å². The second-order valence-corrected chi connectivity index (χ2v) is 8.16. The third-order valence-corrected chi connectivity index (χ3v) is 5.96. The smallest absolute Gasteiger partial charge is 0.282 e. The number of rotatable bonds is 5. The molecular weight excluding hydrogens is 424 g/mol. The predicted octanol–water partition coefficient (Wildman–Crippen LogP) is 5.67. The van der Waals surface area contributed by atoms with Crippen LogP contribution in [0.3, 0.4) is 0 Å². The van der Waals surface area contributed by atoms with Gasteiger partial charge < -0.3 is 10.1 Å². The number of amides is 2. The van der Waals surface area contributed by atoms with Crippen molar-refractivity contribution in [1.82, 2.24) is 0 Å². The molecule has 162 valence electrons. The van der Waals surface area contributed by atoms with Crippen molar-refractivity contribution < 1.29 is 14.3 Å². The van der Waals surface area contributed by atoms with Crippen LogP contribution in [0.15, 0.2) is 66.4 Å². The lowest BCUT2D eigenvalue weighted by Crippen LogP contribution is -2.33. The summed E-state index contributed by atoms with van der Waals surface area (Å²) in [5, 5.41) is 3.54. The highest BCUT2D eigenvalue weighted by Gasteiger charge is 2.41. The summed E-state index contributed by atoms with van der Waals surface area (Å²) in [5.74, 6) is -0.253. The summed E-state index contributed by atoms with van der Waals surface area (Å²) >= 11 is 6.27. The SMILES string of the molecule is COc1ccc(NC2=C(c3ccc(C)cc3)C(=O)N(c3cccc(C)c3C)C2=O)cc1Cl. The van der Waals surface area contributed by atoms with Gasteiger partial charge in [0.1, 0.15) is 11.4 Å². The van der Waals surface area contributed by atoms with Gasteiger partial charge in [-0.3, -0.25) is 9.59 Å². The number of nitrogens with zero attached hydrogens (tertiary/aromatic N) is 1. The fourth-order valence-corrected chi connectivity index (χ4v) is 3.98. The van der Waals surface area contributed by atoms with E-state index in [-0.39, 0.29) is 11.6 Å². The number of methoxy groups -OCH3 is 1. The molecule has 0 aliphatic carbocycles. The van der Waals surface area contributed by atoms with Crippen molar-refractivity contribution in [2.24, 2.45) is 0 Å². The molecule has 3 aromatic carbocycles. The van der Waals surface area contributed by atoms with Crippen molar-refractivity contribution in [3.63, 3.8) is 0 Å². The van der Waals surface area contributed by atoms with Crippen molar-refractivity contribution in [2.45, 2.75) is 20.8 Å². The molecule has 1 heterocycles. The first-order chi connectivity index (χ1) is 15.3. The van der Waals surface area contributed by atoms with Crippen LogP contribution in [-0.4, -0.2) is 18.9 Å². The molecule has 1 aliphatic rings. The minimum absolute atomic E-state index is 0.209. The number of aryl methyl sites for hydroxylation is 2. The number of anilines is 2. The molecule has 0 aromatic heterocycles. The molecule has 0 bridgehead atoms. The Morgan fingerprint density at radius 1 is 0.906 bits per heavy atom. The third kappa shape index (κ3) is 3.76. The largest absolute Gasteiger partial charge is 0.495 e. The van der Waals surface area contributed by atoms with Gasteiger partial charge in [0.2, 0.25) is 0 Å². The highest BCUT2D eigenvalue weighted by atomic mass is 35.5. The molecule has 1 N–H and O–H groups in total. The molecule has 0 saturated heterocycles. The molecule has 0 spiro atoms. The van der Waals surface area contributed by atoms with Crippen LogP contribution in [0.1, 0.15) is 22.3 Å². The monoisotopic (exact) mass is 446 g/mol. The van der Waals surface area contributed by atoms with Gasteiger partial charge in [-0.2, -0.15) is 0 Å². The molecule has 0 radical (unpaired) electrons. The van der Waals surface area contributed by atoms with Crippen LogP contribution in [0, 0.1) is 20.8 Å². The first kappa shape index (κ1) is 21.7. The average molecular weight is 447 g/mol. The minimum atomic E-state index is -0.411. The first-order valence-electron chi connectivity index (χ1n) is 10.2. The van der Waals surface area contributed by atoms with Crippen molar-refractivity contribution in [3.8, 4) is 5.75 Å². The van der Waals surface area contributed by atoms with Crippen LogP contribution in [-0.2, 0) is 9.59 Å². The Morgan fingerprint density at radius 3 is 2.28 bits per heavy atom. The molecule has 0 saturated carbocycles. The Kier molecular flexibility index (Phi) is 5.76. The first-order valence-corrected chi connectivity index (χ1v) is 10.6. The summed E-state index contributed by atoms with van der Waals surface area (Å²) in [6, 6.07) is 18.3. The maximum absolute atomic E-state index is 13.6. The average Bonchev–Trinajstić information content (AvgIpc) is 3.00. The second kappa shape index (κ2) is 8.52. The van der Waals surface area contributed by atoms with E-state index in [0.29, 0.717) is 33.3 Å². The van der Waals surface area contributed by atoms with Gasteiger partial charge in [0.15, 0.2) is 0 Å². The molecule has 3 aromatic rings. The Morgan fingerprint density at radius 2 is 1.62 bits per heavy atom. The van der Waals surface area contributed by atoms with Crippen LogP contribution < -0.4 is 15.0 Å². The number of halogens is 1. The summed E-state index contributed by atoms with van der Waals surface area (Å²) in [6.45, 7) is 5.84. The third-order valence-electron chi connectivity index (χ3n) is 5.66. The Hall–Kier alpha value is -3.57. The molecular formula is C26H23ClN2O3. The van der Waals surface area contributed by atoms with Crippen LogP contribution in [0.5, 0.6) is 5.75 Å². The number of ether oxygens (including phenoxy) is 1. The van der Waals surface area contributed by atoms with Gasteiger partial charge in [-0.25, -0.2) is 4.90 Å². The van der Waals surface area contributed by atoms with E-state index in [1.165, 1.54) is 12.0 Å². The summed E-state index contributed by atoms with van der Waals surface area (Å²) in [6.07, 6.45) is 0. The van der Waals surface area contributed by atoms with Crippen LogP contribution in [0.2, 0.25) is 5.02 Å². The lowest BCUT2D eigenvalue weighted by Gasteiger charge is -2.19. The molecule has 1 aliphatic heterocycles. The van der Waals surface area contributed by atoms with Gasteiger partial charge >= 0.3 is 0 Å². The summed E-state index contributed by atoms with van der Waals surface area (Å²) in [5.41, 5.74) is 5.31. The van der Waals surface area contributed by atoms with Gasteiger partial charge in [0.05, 0.1) is 23.4 Å². The van der Waals surface area contributed by atoms with Gasteiger partial charge in [0, 0.05) is 5.69 Å². The minimum Gasteiger partial charge on any atom is -0.495 e. The zero-order valence-corrected chi connectivity index (χ0v) is 19.1. The van der Waals surface area contributed by atoms with Crippen molar-refractivity contribution in [1.29, 1.82) is 0 Å². The Bertz CT molecular complexity index is 1260. The number of benzene rings is 3. The van der Waals surface area contributed by atoms with E-state index < -0.39 is 5.91 Å². The van der Waals surface area contributed by atoms with Gasteiger partial charge in [-0.1, -0.05) is 53.6 Å². The van der Waals surface area contributed by atoms with Crippen molar-refractivity contribution >= 4 is 40.4 Å². The summed E-state index contributed by atoms with van der Waals surface area (Å²) in [7, 11) is 1.54. The van der Waals surface area contributed by atoms with E-state index in [0.717, 1.165) is 16.7 Å². The number of hydrogen-bond acceptors (Lipinski definition) is 4. The van der Waals surface area contributed by atoms with Crippen LogP contribution >= 0.6 is 11.6 Å².